The van der Waals surface area contributed by atoms with Crippen LogP contribution >= 0.6 is 0 Å². The summed E-state index contributed by atoms with van der Waals surface area (Å²) in [4.78, 5) is 16.3. The Balaban J connectivity index is 1.77. The Labute approximate surface area is 185 Å². The van der Waals surface area contributed by atoms with Gasteiger partial charge in [0.15, 0.2) is 0 Å². The molecule has 0 atom stereocenters. The number of hydrogen-bond donors (Lipinski definition) is 2. The highest BCUT2D eigenvalue weighted by Crippen LogP contribution is 2.25. The van der Waals surface area contributed by atoms with Crippen LogP contribution in [0.25, 0.3) is 11.4 Å². The van der Waals surface area contributed by atoms with Crippen LogP contribution in [0.3, 0.4) is 0 Å². The summed E-state index contributed by atoms with van der Waals surface area (Å²) in [6.45, 7) is 9.23. The third kappa shape index (κ3) is 5.27. The van der Waals surface area contributed by atoms with Gasteiger partial charge in [-0.1, -0.05) is 32.0 Å². The molecule has 0 bridgehead atoms. The lowest BCUT2D eigenvalue weighted by molar-refractivity contribution is 0.102. The Morgan fingerprint density at radius 1 is 1.19 bits per heavy atom. The molecule has 0 radical (unpaired) electrons. The summed E-state index contributed by atoms with van der Waals surface area (Å²) >= 11 is 0. The summed E-state index contributed by atoms with van der Waals surface area (Å²) in [5.41, 5.74) is 0.868. The molecule has 32 heavy (non-hydrogen) atoms. The van der Waals surface area contributed by atoms with Crippen molar-refractivity contribution in [3.05, 3.63) is 72.4 Å². The van der Waals surface area contributed by atoms with Gasteiger partial charge in [0, 0.05) is 28.8 Å². The van der Waals surface area contributed by atoms with Crippen LogP contribution in [0.15, 0.2) is 64.5 Å². The zero-order valence-corrected chi connectivity index (χ0v) is 18.7. The molecule has 3 aromatic rings. The van der Waals surface area contributed by atoms with Gasteiger partial charge in [-0.05, 0) is 42.5 Å². The molecule has 8 nitrogen and oxygen atoms in total. The van der Waals surface area contributed by atoms with Gasteiger partial charge in [0.1, 0.15) is 10.7 Å². The van der Waals surface area contributed by atoms with Crippen LogP contribution in [0.1, 0.15) is 37.0 Å². The van der Waals surface area contributed by atoms with E-state index in [-0.39, 0.29) is 17.5 Å². The molecule has 1 heterocycles. The predicted octanol–water partition coefficient (Wildman–Crippen LogP) is 3.89. The lowest BCUT2D eigenvalue weighted by atomic mass is 9.97. The summed E-state index contributed by atoms with van der Waals surface area (Å²) in [7, 11) is -4.13. The van der Waals surface area contributed by atoms with E-state index in [1.165, 1.54) is 12.1 Å². The molecule has 0 aliphatic rings. The minimum Gasteiger partial charge on any atom is -0.338 e. The van der Waals surface area contributed by atoms with Crippen molar-refractivity contribution in [2.75, 3.05) is 11.9 Å². The van der Waals surface area contributed by atoms with Crippen LogP contribution < -0.4 is 10.0 Å². The number of carbonyl (C=O) groups excluding carboxylic acids is 1. The topological polar surface area (TPSA) is 114 Å². The molecule has 2 N–H and O–H groups in total. The number of sulfonamides is 1. The Hall–Kier alpha value is -3.37. The van der Waals surface area contributed by atoms with Crippen LogP contribution in [0.4, 0.5) is 10.1 Å². The van der Waals surface area contributed by atoms with E-state index >= 15 is 0 Å². The zero-order chi connectivity index (χ0) is 23.5. The van der Waals surface area contributed by atoms with Crippen molar-refractivity contribution in [3.8, 4) is 11.4 Å². The Bertz CT molecular complexity index is 1250. The lowest BCUT2D eigenvalue weighted by Gasteiger charge is -2.10. The molecule has 0 unspecified atom stereocenters. The normalized spacial score (nSPS) is 11.9. The number of nitrogens with one attached hydrogen (secondary N) is 2. The first-order valence-corrected chi connectivity index (χ1v) is 11.2. The standard InChI is InChI=1S/C22H23FN4O4S/c1-5-12-24-32(29,30)18-13-15(8-11-17(18)23)20(28)25-16-9-6-14(7-10-16)19-26-21(31-27-19)22(2,3)4/h5-11,13,24H,1,12H2,2-4H3,(H,25,28). The molecule has 0 saturated carbocycles. The largest absolute Gasteiger partial charge is 0.338 e. The van der Waals surface area contributed by atoms with Crippen molar-refractivity contribution in [3.63, 3.8) is 0 Å². The quantitative estimate of drug-likeness (QED) is 0.519. The van der Waals surface area contributed by atoms with Crippen LogP contribution in [0.5, 0.6) is 0 Å². The smallest absolute Gasteiger partial charge is 0.255 e. The number of hydrogen-bond acceptors (Lipinski definition) is 6. The average Bonchev–Trinajstić information content (AvgIpc) is 3.24. The molecule has 168 valence electrons. The Morgan fingerprint density at radius 2 is 1.88 bits per heavy atom. The number of benzene rings is 2. The number of halogens is 1. The second-order valence-corrected chi connectivity index (χ2v) is 9.73. The first-order valence-electron chi connectivity index (χ1n) is 9.67. The SMILES string of the molecule is C=CCNS(=O)(=O)c1cc(C(=O)Nc2ccc(-c3noc(C(C)(C)C)n3)cc2)ccc1F. The number of anilines is 1. The van der Waals surface area contributed by atoms with Gasteiger partial charge in [-0.3, -0.25) is 4.79 Å². The van der Waals surface area contributed by atoms with E-state index in [0.29, 0.717) is 23.0 Å². The van der Waals surface area contributed by atoms with Crippen LogP contribution in [0.2, 0.25) is 0 Å². The molecule has 2 aromatic carbocycles. The molecule has 1 amide bonds. The van der Waals surface area contributed by atoms with E-state index in [0.717, 1.165) is 12.1 Å². The van der Waals surface area contributed by atoms with Crippen molar-refractivity contribution in [2.45, 2.75) is 31.1 Å². The van der Waals surface area contributed by atoms with E-state index in [1.54, 1.807) is 24.3 Å². The van der Waals surface area contributed by atoms with Crippen molar-refractivity contribution in [2.24, 2.45) is 0 Å². The van der Waals surface area contributed by atoms with Gasteiger partial charge in [-0.25, -0.2) is 17.5 Å². The van der Waals surface area contributed by atoms with Gasteiger partial charge in [0.25, 0.3) is 5.91 Å². The maximum absolute atomic E-state index is 14.1. The van der Waals surface area contributed by atoms with E-state index in [9.17, 15) is 17.6 Å². The Kier molecular flexibility index (Phi) is 6.56. The summed E-state index contributed by atoms with van der Waals surface area (Å²) in [6.07, 6.45) is 1.33. The monoisotopic (exact) mass is 458 g/mol. The van der Waals surface area contributed by atoms with Gasteiger partial charge >= 0.3 is 0 Å². The zero-order valence-electron chi connectivity index (χ0n) is 17.8. The third-order valence-corrected chi connectivity index (χ3v) is 5.81. The van der Waals surface area contributed by atoms with Gasteiger partial charge in [0.05, 0.1) is 0 Å². The predicted molar refractivity (Wildman–Crippen MR) is 118 cm³/mol. The van der Waals surface area contributed by atoms with Gasteiger partial charge in [-0.15, -0.1) is 6.58 Å². The second-order valence-electron chi connectivity index (χ2n) is 7.99. The molecular formula is C22H23FN4O4S. The van der Waals surface area contributed by atoms with Crippen LogP contribution in [-0.2, 0) is 15.4 Å². The molecule has 1 aromatic heterocycles. The van der Waals surface area contributed by atoms with Crippen molar-refractivity contribution < 1.29 is 22.1 Å². The number of rotatable bonds is 7. The summed E-state index contributed by atoms with van der Waals surface area (Å²) in [5, 5.41) is 6.63. The van der Waals surface area contributed by atoms with E-state index in [1.807, 2.05) is 20.8 Å². The number of aromatic nitrogens is 2. The Morgan fingerprint density at radius 3 is 2.47 bits per heavy atom. The van der Waals surface area contributed by atoms with Crippen LogP contribution in [0, 0.1) is 5.82 Å². The van der Waals surface area contributed by atoms with Crippen molar-refractivity contribution >= 4 is 21.6 Å². The maximum atomic E-state index is 14.1. The van der Waals surface area contributed by atoms with Gasteiger partial charge in [0.2, 0.25) is 21.7 Å². The molecule has 0 aliphatic carbocycles. The van der Waals surface area contributed by atoms with Gasteiger partial charge < -0.3 is 9.84 Å². The fourth-order valence-electron chi connectivity index (χ4n) is 2.65. The minimum absolute atomic E-state index is 0.0116. The summed E-state index contributed by atoms with van der Waals surface area (Å²) in [5.74, 6) is -0.618. The lowest BCUT2D eigenvalue weighted by Crippen LogP contribution is -2.25. The molecule has 0 aliphatic heterocycles. The molecule has 0 spiro atoms. The number of carbonyl (C=O) groups is 1. The number of nitrogens with zero attached hydrogens (tertiary/aromatic N) is 2. The second kappa shape index (κ2) is 9.01. The molecule has 10 heteroatoms. The highest BCUT2D eigenvalue weighted by Gasteiger charge is 2.23. The molecule has 0 saturated heterocycles. The fraction of sp³-hybridized carbons (Fsp3) is 0.227. The first kappa shape index (κ1) is 23.3. The third-order valence-electron chi connectivity index (χ3n) is 4.37. The summed E-state index contributed by atoms with van der Waals surface area (Å²) in [6, 6.07) is 9.85. The highest BCUT2D eigenvalue weighted by molar-refractivity contribution is 7.89. The van der Waals surface area contributed by atoms with E-state index in [4.69, 9.17) is 4.52 Å². The van der Waals surface area contributed by atoms with Crippen molar-refractivity contribution in [1.29, 1.82) is 0 Å². The molecular weight excluding hydrogens is 435 g/mol. The maximum Gasteiger partial charge on any atom is 0.255 e. The van der Waals surface area contributed by atoms with Gasteiger partial charge in [-0.2, -0.15) is 4.98 Å². The average molecular weight is 459 g/mol. The molecule has 0 fully saturated rings. The number of amides is 1. The summed E-state index contributed by atoms with van der Waals surface area (Å²) < 4.78 is 46.0. The van der Waals surface area contributed by atoms with Crippen molar-refractivity contribution in [1.82, 2.24) is 14.9 Å². The minimum atomic E-state index is -4.13. The van der Waals surface area contributed by atoms with Crippen LogP contribution in [-0.4, -0.2) is 31.0 Å². The van der Waals surface area contributed by atoms with E-state index < -0.39 is 26.6 Å². The molecule has 3 rings (SSSR count). The van der Waals surface area contributed by atoms with E-state index in [2.05, 4.69) is 26.8 Å². The first-order chi connectivity index (χ1) is 15.0. The highest BCUT2D eigenvalue weighted by atomic mass is 32.2. The fourth-order valence-corrected chi connectivity index (χ4v) is 3.75.